The van der Waals surface area contributed by atoms with Gasteiger partial charge >= 0.3 is 0 Å². The summed E-state index contributed by atoms with van der Waals surface area (Å²) in [5.74, 6) is 0.459. The molecule has 2 aliphatic rings. The first kappa shape index (κ1) is 20.9. The van der Waals surface area contributed by atoms with Crippen LogP contribution in [0.4, 0.5) is 0 Å². The summed E-state index contributed by atoms with van der Waals surface area (Å²) in [5, 5.41) is 5.60. The molecule has 2 atom stereocenters. The highest BCUT2D eigenvalue weighted by molar-refractivity contribution is 6.04. The van der Waals surface area contributed by atoms with Gasteiger partial charge in [0, 0.05) is 44.7 Å². The second-order valence-electron chi connectivity index (χ2n) is 9.12. The number of hydrogen-bond donors (Lipinski definition) is 0. The summed E-state index contributed by atoms with van der Waals surface area (Å²) in [6.45, 7) is 3.89. The molecule has 0 aliphatic carbocycles. The molecule has 2 fully saturated rings. The van der Waals surface area contributed by atoms with E-state index >= 15 is 0 Å². The molecule has 1 amide bonds. The molecule has 6 nitrogen and oxygen atoms in total. The minimum absolute atomic E-state index is 0.0377. The van der Waals surface area contributed by atoms with Gasteiger partial charge in [-0.1, -0.05) is 48.5 Å². The third-order valence-electron chi connectivity index (χ3n) is 7.13. The van der Waals surface area contributed by atoms with Gasteiger partial charge in [-0.2, -0.15) is 5.10 Å². The topological polar surface area (TPSA) is 58.4 Å². The van der Waals surface area contributed by atoms with E-state index in [1.54, 1.807) is 13.1 Å². The highest BCUT2D eigenvalue weighted by atomic mass is 16.2. The van der Waals surface area contributed by atoms with Gasteiger partial charge in [0.2, 0.25) is 0 Å². The zero-order valence-corrected chi connectivity index (χ0v) is 18.6. The minimum Gasteiger partial charge on any atom is -0.334 e. The maximum atomic E-state index is 13.7. The van der Waals surface area contributed by atoms with Crippen molar-refractivity contribution in [3.8, 4) is 0 Å². The van der Waals surface area contributed by atoms with Crippen molar-refractivity contribution in [2.45, 2.75) is 31.7 Å². The van der Waals surface area contributed by atoms with E-state index in [0.717, 1.165) is 51.9 Å². The fourth-order valence-corrected chi connectivity index (χ4v) is 5.46. The lowest BCUT2D eigenvalue weighted by Gasteiger charge is -2.47. The Morgan fingerprint density at radius 2 is 1.75 bits per heavy atom. The lowest BCUT2D eigenvalue weighted by atomic mass is 9.83. The number of benzene rings is 2. The monoisotopic (exact) mass is 430 g/mol. The lowest BCUT2D eigenvalue weighted by molar-refractivity contribution is 0.0200. The molecule has 0 unspecified atom stereocenters. The SMILES string of the molecule is Cn1nc(C(=O)N2CCC[C@@H]3CN(CCc4ccccc4)CC[C@@H]32)c2ccccc2c1=O. The number of rotatable bonds is 4. The van der Waals surface area contributed by atoms with Gasteiger partial charge in [0.05, 0.1) is 5.39 Å². The predicted molar refractivity (Wildman–Crippen MR) is 126 cm³/mol. The van der Waals surface area contributed by atoms with Gasteiger partial charge in [0.1, 0.15) is 0 Å². The molecule has 6 heteroatoms. The Morgan fingerprint density at radius 3 is 2.56 bits per heavy atom. The van der Waals surface area contributed by atoms with Crippen molar-refractivity contribution in [3.05, 3.63) is 76.2 Å². The largest absolute Gasteiger partial charge is 0.334 e. The van der Waals surface area contributed by atoms with Crippen molar-refractivity contribution < 1.29 is 4.79 Å². The van der Waals surface area contributed by atoms with Crippen LogP contribution in [-0.4, -0.2) is 57.7 Å². The fourth-order valence-electron chi connectivity index (χ4n) is 5.46. The van der Waals surface area contributed by atoms with Crippen LogP contribution >= 0.6 is 0 Å². The number of carbonyl (C=O) groups excluding carboxylic acids is 1. The summed E-state index contributed by atoms with van der Waals surface area (Å²) >= 11 is 0. The first-order valence-corrected chi connectivity index (χ1v) is 11.6. The van der Waals surface area contributed by atoms with Crippen molar-refractivity contribution in [2.24, 2.45) is 13.0 Å². The van der Waals surface area contributed by atoms with Crippen molar-refractivity contribution in [1.29, 1.82) is 0 Å². The molecule has 2 aromatic carbocycles. The van der Waals surface area contributed by atoms with E-state index in [1.807, 2.05) is 23.1 Å². The van der Waals surface area contributed by atoms with Crippen LogP contribution in [0.25, 0.3) is 10.8 Å². The van der Waals surface area contributed by atoms with E-state index in [1.165, 1.54) is 10.2 Å². The van der Waals surface area contributed by atoms with E-state index in [4.69, 9.17) is 0 Å². The zero-order valence-electron chi connectivity index (χ0n) is 18.6. The first-order chi connectivity index (χ1) is 15.6. The van der Waals surface area contributed by atoms with Crippen molar-refractivity contribution in [1.82, 2.24) is 19.6 Å². The molecular formula is C26H30N4O2. The van der Waals surface area contributed by atoms with Crippen LogP contribution in [0, 0.1) is 5.92 Å². The molecule has 0 N–H and O–H groups in total. The number of aryl methyl sites for hydroxylation is 1. The maximum Gasteiger partial charge on any atom is 0.275 e. The third kappa shape index (κ3) is 3.95. The van der Waals surface area contributed by atoms with E-state index in [-0.39, 0.29) is 17.5 Å². The summed E-state index contributed by atoms with van der Waals surface area (Å²) in [6.07, 6.45) is 4.24. The Labute approximate surface area is 188 Å². The van der Waals surface area contributed by atoms with Crippen molar-refractivity contribution in [2.75, 3.05) is 26.2 Å². The molecule has 2 aliphatic heterocycles. The maximum absolute atomic E-state index is 13.7. The summed E-state index contributed by atoms with van der Waals surface area (Å²) in [7, 11) is 1.62. The number of carbonyl (C=O) groups is 1. The Hall–Kier alpha value is -2.99. The molecule has 3 heterocycles. The highest BCUT2D eigenvalue weighted by Gasteiger charge is 2.39. The summed E-state index contributed by atoms with van der Waals surface area (Å²) in [4.78, 5) is 30.7. The molecule has 1 aromatic heterocycles. The van der Waals surface area contributed by atoms with Gasteiger partial charge in [-0.05, 0) is 43.2 Å². The first-order valence-electron chi connectivity index (χ1n) is 11.6. The van der Waals surface area contributed by atoms with Crippen LogP contribution in [0.1, 0.15) is 35.3 Å². The average Bonchev–Trinajstić information content (AvgIpc) is 2.84. The van der Waals surface area contributed by atoms with Crippen LogP contribution in [0.5, 0.6) is 0 Å². The molecule has 0 radical (unpaired) electrons. The van der Waals surface area contributed by atoms with Crippen LogP contribution in [0.2, 0.25) is 0 Å². The number of hydrogen-bond acceptors (Lipinski definition) is 4. The lowest BCUT2D eigenvalue weighted by Crippen LogP contribution is -2.56. The molecule has 0 bridgehead atoms. The molecule has 3 aromatic rings. The predicted octanol–water partition coefficient (Wildman–Crippen LogP) is 3.10. The highest BCUT2D eigenvalue weighted by Crippen LogP contribution is 2.32. The Kier molecular flexibility index (Phi) is 5.79. The third-order valence-corrected chi connectivity index (χ3v) is 7.13. The van der Waals surface area contributed by atoms with Crippen LogP contribution < -0.4 is 5.56 Å². The molecule has 166 valence electrons. The summed E-state index contributed by atoms with van der Waals surface area (Å²) in [6, 6.07) is 18.2. The smallest absolute Gasteiger partial charge is 0.275 e. The second-order valence-corrected chi connectivity index (χ2v) is 9.12. The standard InChI is InChI=1S/C26H30N4O2/c1-28-25(31)22-12-6-5-11-21(22)24(27-28)26(32)30-15-7-10-20-18-29(17-14-23(20)30)16-13-19-8-3-2-4-9-19/h2-6,8-9,11-12,20,23H,7,10,13-18H2,1H3/t20-,23+/m1/s1. The number of aromatic nitrogens is 2. The van der Waals surface area contributed by atoms with E-state index < -0.39 is 0 Å². The van der Waals surface area contributed by atoms with Crippen LogP contribution in [0.15, 0.2) is 59.4 Å². The van der Waals surface area contributed by atoms with Crippen molar-refractivity contribution >= 4 is 16.7 Å². The van der Waals surface area contributed by atoms with Gasteiger partial charge in [-0.15, -0.1) is 0 Å². The van der Waals surface area contributed by atoms with E-state index in [9.17, 15) is 9.59 Å². The molecule has 0 saturated carbocycles. The Morgan fingerprint density at radius 1 is 1.00 bits per heavy atom. The number of fused-ring (bicyclic) bond motifs is 2. The van der Waals surface area contributed by atoms with Gasteiger partial charge < -0.3 is 9.80 Å². The van der Waals surface area contributed by atoms with Gasteiger partial charge in [-0.3, -0.25) is 9.59 Å². The van der Waals surface area contributed by atoms with E-state index in [0.29, 0.717) is 22.4 Å². The molecule has 2 saturated heterocycles. The zero-order chi connectivity index (χ0) is 22.1. The number of likely N-dealkylation sites (tertiary alicyclic amines) is 2. The average molecular weight is 431 g/mol. The van der Waals surface area contributed by atoms with Gasteiger partial charge in [0.25, 0.3) is 11.5 Å². The Bertz CT molecular complexity index is 1170. The van der Waals surface area contributed by atoms with Crippen LogP contribution in [0.3, 0.4) is 0 Å². The summed E-state index contributed by atoms with van der Waals surface area (Å²) in [5.41, 5.74) is 1.61. The molecule has 0 spiro atoms. The molecule has 5 rings (SSSR count). The fraction of sp³-hybridized carbons (Fsp3) is 0.423. The van der Waals surface area contributed by atoms with E-state index in [2.05, 4.69) is 40.3 Å². The normalized spacial score (nSPS) is 21.5. The molecule has 32 heavy (non-hydrogen) atoms. The Balaban J connectivity index is 1.33. The quantitative estimate of drug-likeness (QED) is 0.638. The second kappa shape index (κ2) is 8.87. The van der Waals surface area contributed by atoms with Gasteiger partial charge in [-0.25, -0.2) is 4.68 Å². The van der Waals surface area contributed by atoms with Crippen molar-refractivity contribution in [3.63, 3.8) is 0 Å². The summed E-state index contributed by atoms with van der Waals surface area (Å²) < 4.78 is 1.29. The van der Waals surface area contributed by atoms with Gasteiger partial charge in [0.15, 0.2) is 5.69 Å². The number of amides is 1. The number of nitrogens with zero attached hydrogens (tertiary/aromatic N) is 4. The molecular weight excluding hydrogens is 400 g/mol. The minimum atomic E-state index is -0.166. The van der Waals surface area contributed by atoms with Crippen LogP contribution in [-0.2, 0) is 13.5 Å². The number of piperidine rings is 2.